The van der Waals surface area contributed by atoms with E-state index in [9.17, 15) is 10.2 Å². The van der Waals surface area contributed by atoms with E-state index < -0.39 is 6.10 Å². The normalized spacial score (nSPS) is 19.1. The number of aliphatic hydroxyl groups excluding tert-OH is 2. The first kappa shape index (κ1) is 16.3. The number of fused-ring (bicyclic) bond motifs is 1. The van der Waals surface area contributed by atoms with Crippen molar-refractivity contribution in [3.8, 4) is 5.75 Å². The van der Waals surface area contributed by atoms with Crippen molar-refractivity contribution >= 4 is 0 Å². The summed E-state index contributed by atoms with van der Waals surface area (Å²) in [6, 6.07) is 5.76. The van der Waals surface area contributed by atoms with Gasteiger partial charge in [-0.05, 0) is 48.9 Å². The van der Waals surface area contributed by atoms with E-state index in [4.69, 9.17) is 9.47 Å². The van der Waals surface area contributed by atoms with Crippen LogP contribution in [0.4, 0.5) is 0 Å². The Kier molecular flexibility index (Phi) is 6.49. The number of aryl methyl sites for hydroxylation is 1. The Labute approximate surface area is 126 Å². The van der Waals surface area contributed by atoms with Gasteiger partial charge in [-0.25, -0.2) is 0 Å². The van der Waals surface area contributed by atoms with Gasteiger partial charge < -0.3 is 19.7 Å². The van der Waals surface area contributed by atoms with E-state index in [1.54, 1.807) is 0 Å². The summed E-state index contributed by atoms with van der Waals surface area (Å²) in [4.78, 5) is 0. The van der Waals surface area contributed by atoms with Gasteiger partial charge in [-0.1, -0.05) is 19.4 Å². The highest BCUT2D eigenvalue weighted by Gasteiger charge is 2.18. The van der Waals surface area contributed by atoms with Crippen molar-refractivity contribution in [2.45, 2.75) is 51.2 Å². The molecule has 4 nitrogen and oxygen atoms in total. The lowest BCUT2D eigenvalue weighted by atomic mass is 9.89. The molecule has 0 amide bonds. The van der Waals surface area contributed by atoms with Crippen LogP contribution in [0.5, 0.6) is 5.75 Å². The van der Waals surface area contributed by atoms with Gasteiger partial charge in [0.2, 0.25) is 0 Å². The third-order valence-electron chi connectivity index (χ3n) is 3.79. The first-order chi connectivity index (χ1) is 10.2. The minimum Gasteiger partial charge on any atom is -0.491 e. The number of benzene rings is 1. The number of rotatable bonds is 8. The van der Waals surface area contributed by atoms with Crippen molar-refractivity contribution in [2.24, 2.45) is 0 Å². The lowest BCUT2D eigenvalue weighted by molar-refractivity contribution is 0.0113. The summed E-state index contributed by atoms with van der Waals surface area (Å²) in [5.74, 6) is 0.746. The van der Waals surface area contributed by atoms with Crippen LogP contribution in [-0.4, -0.2) is 36.1 Å². The van der Waals surface area contributed by atoms with E-state index in [-0.39, 0.29) is 12.7 Å². The molecule has 0 fully saturated rings. The lowest BCUT2D eigenvalue weighted by Gasteiger charge is -2.22. The Morgan fingerprint density at radius 2 is 2.19 bits per heavy atom. The van der Waals surface area contributed by atoms with Crippen molar-refractivity contribution in [3.63, 3.8) is 0 Å². The molecule has 0 spiro atoms. The zero-order valence-electron chi connectivity index (χ0n) is 12.8. The molecule has 0 bridgehead atoms. The van der Waals surface area contributed by atoms with Crippen LogP contribution in [0, 0.1) is 0 Å². The Balaban J connectivity index is 1.78. The summed E-state index contributed by atoms with van der Waals surface area (Å²) < 4.78 is 11.0. The summed E-state index contributed by atoms with van der Waals surface area (Å²) in [5.41, 5.74) is 2.16. The maximum atomic E-state index is 9.91. The molecule has 1 aromatic rings. The number of aliphatic hydroxyl groups is 2. The first-order valence-corrected chi connectivity index (χ1v) is 7.90. The largest absolute Gasteiger partial charge is 0.491 e. The van der Waals surface area contributed by atoms with E-state index in [0.717, 1.165) is 49.0 Å². The maximum absolute atomic E-state index is 9.91. The number of hydrogen-bond donors (Lipinski definition) is 2. The summed E-state index contributed by atoms with van der Waals surface area (Å²) in [6.07, 6.45) is 3.97. The molecule has 21 heavy (non-hydrogen) atoms. The molecule has 1 aliphatic carbocycles. The second-order valence-electron chi connectivity index (χ2n) is 5.66. The Hall–Kier alpha value is -1.10. The molecule has 2 N–H and O–H groups in total. The molecule has 0 aliphatic heterocycles. The van der Waals surface area contributed by atoms with E-state index in [1.807, 2.05) is 18.2 Å². The van der Waals surface area contributed by atoms with Gasteiger partial charge in [-0.3, -0.25) is 0 Å². The molecule has 0 saturated carbocycles. The number of unbranched alkanes of at least 4 members (excludes halogenated alkanes) is 1. The molecule has 0 aromatic heterocycles. The molecule has 1 aliphatic rings. The molecular weight excluding hydrogens is 268 g/mol. The zero-order chi connectivity index (χ0) is 15.1. The Bertz CT molecular complexity index is 433. The molecule has 1 aromatic carbocycles. The highest BCUT2D eigenvalue weighted by molar-refractivity contribution is 5.38. The number of ether oxygens (including phenoxy) is 2. The summed E-state index contributed by atoms with van der Waals surface area (Å²) >= 11 is 0. The van der Waals surface area contributed by atoms with Gasteiger partial charge >= 0.3 is 0 Å². The monoisotopic (exact) mass is 294 g/mol. The van der Waals surface area contributed by atoms with Gasteiger partial charge in [0, 0.05) is 6.61 Å². The van der Waals surface area contributed by atoms with Crippen molar-refractivity contribution in [1.82, 2.24) is 0 Å². The van der Waals surface area contributed by atoms with Gasteiger partial charge in [0.25, 0.3) is 0 Å². The molecule has 0 saturated heterocycles. The summed E-state index contributed by atoms with van der Waals surface area (Å²) in [7, 11) is 0. The van der Waals surface area contributed by atoms with Crippen molar-refractivity contribution < 1.29 is 19.7 Å². The Morgan fingerprint density at radius 3 is 3.00 bits per heavy atom. The van der Waals surface area contributed by atoms with Crippen LogP contribution < -0.4 is 4.74 Å². The fraction of sp³-hybridized carbons (Fsp3) is 0.647. The van der Waals surface area contributed by atoms with Crippen molar-refractivity contribution in [3.05, 3.63) is 29.3 Å². The molecule has 2 unspecified atom stereocenters. The third-order valence-corrected chi connectivity index (χ3v) is 3.79. The molecule has 2 rings (SSSR count). The van der Waals surface area contributed by atoms with Crippen LogP contribution in [0.25, 0.3) is 0 Å². The fourth-order valence-corrected chi connectivity index (χ4v) is 2.56. The predicted octanol–water partition coefficient (Wildman–Crippen LogP) is 2.61. The maximum Gasteiger partial charge on any atom is 0.119 e. The predicted molar refractivity (Wildman–Crippen MR) is 81.6 cm³/mol. The average molecular weight is 294 g/mol. The first-order valence-electron chi connectivity index (χ1n) is 7.90. The standard InChI is InChI=1S/C17H26O4/c1-2-3-9-20-11-14(18)12-21-15-7-8-16-13(10-15)5-4-6-17(16)19/h7-8,10,14,17-19H,2-6,9,11-12H2,1H3. The van der Waals surface area contributed by atoms with Gasteiger partial charge in [0.05, 0.1) is 12.7 Å². The van der Waals surface area contributed by atoms with E-state index in [2.05, 4.69) is 6.92 Å². The molecule has 118 valence electrons. The highest BCUT2D eigenvalue weighted by atomic mass is 16.5. The molecule has 4 heteroatoms. The molecule has 0 heterocycles. The lowest BCUT2D eigenvalue weighted by Crippen LogP contribution is -2.23. The molecule has 0 radical (unpaired) electrons. The minimum atomic E-state index is -0.608. The van der Waals surface area contributed by atoms with Gasteiger partial charge in [-0.2, -0.15) is 0 Å². The van der Waals surface area contributed by atoms with Crippen LogP contribution >= 0.6 is 0 Å². The molecule has 2 atom stereocenters. The zero-order valence-corrected chi connectivity index (χ0v) is 12.8. The van der Waals surface area contributed by atoms with E-state index in [1.165, 1.54) is 0 Å². The van der Waals surface area contributed by atoms with Crippen LogP contribution in [-0.2, 0) is 11.2 Å². The summed E-state index contributed by atoms with van der Waals surface area (Å²) in [5, 5.41) is 19.7. The average Bonchev–Trinajstić information content (AvgIpc) is 2.50. The Morgan fingerprint density at radius 1 is 1.33 bits per heavy atom. The van der Waals surface area contributed by atoms with Crippen LogP contribution in [0.2, 0.25) is 0 Å². The van der Waals surface area contributed by atoms with E-state index >= 15 is 0 Å². The second-order valence-corrected chi connectivity index (χ2v) is 5.66. The van der Waals surface area contributed by atoms with Crippen LogP contribution in [0.15, 0.2) is 18.2 Å². The van der Waals surface area contributed by atoms with E-state index in [0.29, 0.717) is 13.2 Å². The van der Waals surface area contributed by atoms with Crippen LogP contribution in [0.1, 0.15) is 49.8 Å². The highest BCUT2D eigenvalue weighted by Crippen LogP contribution is 2.31. The quantitative estimate of drug-likeness (QED) is 0.724. The van der Waals surface area contributed by atoms with Crippen molar-refractivity contribution in [2.75, 3.05) is 19.8 Å². The summed E-state index contributed by atoms with van der Waals surface area (Å²) in [6.45, 7) is 3.33. The SMILES string of the molecule is CCCCOCC(O)COc1ccc2c(c1)CCCC2O. The van der Waals surface area contributed by atoms with Gasteiger partial charge in [0.15, 0.2) is 0 Å². The second kappa shape index (κ2) is 8.37. The number of hydrogen-bond acceptors (Lipinski definition) is 4. The molecular formula is C17H26O4. The van der Waals surface area contributed by atoms with Crippen LogP contribution in [0.3, 0.4) is 0 Å². The smallest absolute Gasteiger partial charge is 0.119 e. The minimum absolute atomic E-state index is 0.230. The van der Waals surface area contributed by atoms with Crippen molar-refractivity contribution in [1.29, 1.82) is 0 Å². The third kappa shape index (κ3) is 4.99. The van der Waals surface area contributed by atoms with Gasteiger partial charge in [-0.15, -0.1) is 0 Å². The fourth-order valence-electron chi connectivity index (χ4n) is 2.56. The topological polar surface area (TPSA) is 58.9 Å². The van der Waals surface area contributed by atoms with Gasteiger partial charge in [0.1, 0.15) is 18.5 Å².